The van der Waals surface area contributed by atoms with Crippen LogP contribution in [0.25, 0.3) is 0 Å². The Morgan fingerprint density at radius 1 is 1.00 bits per heavy atom. The van der Waals surface area contributed by atoms with Crippen LogP contribution < -0.4 is 10.6 Å². The highest BCUT2D eigenvalue weighted by Crippen LogP contribution is 2.22. The van der Waals surface area contributed by atoms with Crippen molar-refractivity contribution in [3.05, 3.63) is 71.0 Å². The standard InChI is InChI=1S/C20H25FN2S/c1-20(2,3)17-10-8-15(9-11-17)14-23-19(24)22-13-12-16-6-4-5-7-18(16)21/h4-11H,12-14H2,1-3H3,(H2,22,23,24). The van der Waals surface area contributed by atoms with E-state index in [1.807, 2.05) is 6.07 Å². The zero-order valence-electron chi connectivity index (χ0n) is 14.5. The predicted octanol–water partition coefficient (Wildman–Crippen LogP) is 4.33. The van der Waals surface area contributed by atoms with Crippen molar-refractivity contribution in [1.29, 1.82) is 0 Å². The maximum Gasteiger partial charge on any atom is 0.166 e. The molecule has 0 fully saturated rings. The second kappa shape index (κ2) is 8.25. The molecule has 2 rings (SSSR count). The van der Waals surface area contributed by atoms with E-state index in [0.717, 1.165) is 0 Å². The minimum Gasteiger partial charge on any atom is -0.362 e. The molecule has 24 heavy (non-hydrogen) atoms. The monoisotopic (exact) mass is 344 g/mol. The quantitative estimate of drug-likeness (QED) is 0.790. The van der Waals surface area contributed by atoms with Gasteiger partial charge >= 0.3 is 0 Å². The van der Waals surface area contributed by atoms with Crippen LogP contribution in [0.3, 0.4) is 0 Å². The van der Waals surface area contributed by atoms with Gasteiger partial charge in [-0.15, -0.1) is 0 Å². The zero-order valence-corrected chi connectivity index (χ0v) is 15.3. The molecule has 0 aliphatic carbocycles. The van der Waals surface area contributed by atoms with Gasteiger partial charge in [0.2, 0.25) is 0 Å². The van der Waals surface area contributed by atoms with Gasteiger partial charge in [0.25, 0.3) is 0 Å². The highest BCUT2D eigenvalue weighted by atomic mass is 32.1. The van der Waals surface area contributed by atoms with Crippen molar-refractivity contribution in [2.75, 3.05) is 6.54 Å². The molecule has 128 valence electrons. The first kappa shape index (κ1) is 18.4. The van der Waals surface area contributed by atoms with Crippen LogP contribution >= 0.6 is 12.2 Å². The second-order valence-corrected chi connectivity index (χ2v) is 7.31. The lowest BCUT2D eigenvalue weighted by atomic mass is 9.87. The van der Waals surface area contributed by atoms with Crippen molar-refractivity contribution in [2.24, 2.45) is 0 Å². The summed E-state index contributed by atoms with van der Waals surface area (Å²) in [5.41, 5.74) is 3.36. The molecule has 0 aromatic heterocycles. The molecule has 4 heteroatoms. The second-order valence-electron chi connectivity index (χ2n) is 6.90. The smallest absolute Gasteiger partial charge is 0.166 e. The molecule has 0 heterocycles. The van der Waals surface area contributed by atoms with Crippen LogP contribution in [0, 0.1) is 5.82 Å². The molecular weight excluding hydrogens is 319 g/mol. The van der Waals surface area contributed by atoms with Crippen LogP contribution in [-0.2, 0) is 18.4 Å². The van der Waals surface area contributed by atoms with E-state index in [0.29, 0.717) is 30.2 Å². The Kier molecular flexibility index (Phi) is 6.32. The lowest BCUT2D eigenvalue weighted by molar-refractivity contribution is 0.590. The van der Waals surface area contributed by atoms with Gasteiger partial charge in [-0.3, -0.25) is 0 Å². The van der Waals surface area contributed by atoms with Crippen LogP contribution in [0.5, 0.6) is 0 Å². The largest absolute Gasteiger partial charge is 0.362 e. The Bertz CT molecular complexity index is 675. The maximum absolute atomic E-state index is 13.5. The minimum absolute atomic E-state index is 0.162. The summed E-state index contributed by atoms with van der Waals surface area (Å²) in [6, 6.07) is 15.4. The Morgan fingerprint density at radius 2 is 1.67 bits per heavy atom. The van der Waals surface area contributed by atoms with Crippen molar-refractivity contribution >= 4 is 17.3 Å². The van der Waals surface area contributed by atoms with Gasteiger partial charge in [-0.05, 0) is 46.8 Å². The average molecular weight is 344 g/mol. The summed E-state index contributed by atoms with van der Waals surface area (Å²) in [6.45, 7) is 7.89. The molecule has 2 N–H and O–H groups in total. The van der Waals surface area contributed by atoms with E-state index in [1.54, 1.807) is 12.1 Å². The molecule has 0 radical (unpaired) electrons. The number of thiocarbonyl (C=S) groups is 1. The molecule has 2 nitrogen and oxygen atoms in total. The Balaban J connectivity index is 1.74. The maximum atomic E-state index is 13.5. The first-order valence-corrected chi connectivity index (χ1v) is 8.61. The fourth-order valence-corrected chi connectivity index (χ4v) is 2.55. The summed E-state index contributed by atoms with van der Waals surface area (Å²) < 4.78 is 13.5. The van der Waals surface area contributed by atoms with E-state index in [9.17, 15) is 4.39 Å². The van der Waals surface area contributed by atoms with E-state index in [1.165, 1.54) is 17.2 Å². The Hall–Kier alpha value is -1.94. The third kappa shape index (κ3) is 5.60. The summed E-state index contributed by atoms with van der Waals surface area (Å²) >= 11 is 5.27. The zero-order chi connectivity index (χ0) is 17.6. The number of rotatable bonds is 5. The molecule has 0 unspecified atom stereocenters. The summed E-state index contributed by atoms with van der Waals surface area (Å²) in [7, 11) is 0. The van der Waals surface area contributed by atoms with Crippen molar-refractivity contribution in [2.45, 2.75) is 39.2 Å². The fraction of sp³-hybridized carbons (Fsp3) is 0.350. The van der Waals surface area contributed by atoms with Gasteiger partial charge in [0.05, 0.1) is 0 Å². The fourth-order valence-electron chi connectivity index (χ4n) is 2.38. The van der Waals surface area contributed by atoms with Crippen molar-refractivity contribution in [1.82, 2.24) is 10.6 Å². The summed E-state index contributed by atoms with van der Waals surface area (Å²) in [5.74, 6) is -0.169. The molecular formula is C20H25FN2S. The number of hydrogen-bond acceptors (Lipinski definition) is 1. The van der Waals surface area contributed by atoms with Gasteiger partial charge in [0, 0.05) is 13.1 Å². The predicted molar refractivity (Wildman–Crippen MR) is 103 cm³/mol. The van der Waals surface area contributed by atoms with Crippen LogP contribution in [0.4, 0.5) is 4.39 Å². The number of nitrogens with one attached hydrogen (secondary N) is 2. The third-order valence-electron chi connectivity index (χ3n) is 3.91. The topological polar surface area (TPSA) is 24.1 Å². The molecule has 2 aromatic carbocycles. The third-order valence-corrected chi connectivity index (χ3v) is 4.20. The van der Waals surface area contributed by atoms with E-state index in [4.69, 9.17) is 12.2 Å². The molecule has 0 aliphatic rings. The first-order chi connectivity index (χ1) is 11.4. The Morgan fingerprint density at radius 3 is 2.29 bits per heavy atom. The van der Waals surface area contributed by atoms with Crippen LogP contribution in [0.15, 0.2) is 48.5 Å². The van der Waals surface area contributed by atoms with Gasteiger partial charge in [-0.25, -0.2) is 4.39 Å². The summed E-state index contributed by atoms with van der Waals surface area (Å²) in [6.07, 6.45) is 0.606. The lowest BCUT2D eigenvalue weighted by Gasteiger charge is -2.19. The molecule has 0 amide bonds. The van der Waals surface area contributed by atoms with Gasteiger partial charge in [0.15, 0.2) is 5.11 Å². The van der Waals surface area contributed by atoms with Crippen LogP contribution in [0.1, 0.15) is 37.5 Å². The number of hydrogen-bond donors (Lipinski definition) is 2. The van der Waals surface area contributed by atoms with Gasteiger partial charge < -0.3 is 10.6 Å². The minimum atomic E-state index is -0.169. The van der Waals surface area contributed by atoms with Crippen molar-refractivity contribution < 1.29 is 4.39 Å². The molecule has 0 spiro atoms. The first-order valence-electron chi connectivity index (χ1n) is 8.21. The van der Waals surface area contributed by atoms with E-state index in [2.05, 4.69) is 55.7 Å². The molecule has 0 atom stereocenters. The van der Waals surface area contributed by atoms with Gasteiger partial charge in [-0.1, -0.05) is 63.2 Å². The SMILES string of the molecule is CC(C)(C)c1ccc(CNC(=S)NCCc2ccccc2F)cc1. The van der Waals surface area contributed by atoms with Gasteiger partial charge in [0.1, 0.15) is 5.82 Å². The average Bonchev–Trinajstić information content (AvgIpc) is 2.54. The van der Waals surface area contributed by atoms with Crippen LogP contribution in [0.2, 0.25) is 0 Å². The lowest BCUT2D eigenvalue weighted by Crippen LogP contribution is -2.36. The summed E-state index contributed by atoms with van der Waals surface area (Å²) in [5, 5.41) is 6.89. The molecule has 0 bridgehead atoms. The van der Waals surface area contributed by atoms with E-state index in [-0.39, 0.29) is 11.2 Å². The van der Waals surface area contributed by atoms with Crippen LogP contribution in [-0.4, -0.2) is 11.7 Å². The molecule has 2 aromatic rings. The molecule has 0 saturated carbocycles. The van der Waals surface area contributed by atoms with Crippen molar-refractivity contribution in [3.8, 4) is 0 Å². The number of benzene rings is 2. The number of halogens is 1. The normalized spacial score (nSPS) is 11.2. The van der Waals surface area contributed by atoms with Gasteiger partial charge in [-0.2, -0.15) is 0 Å². The van der Waals surface area contributed by atoms with E-state index < -0.39 is 0 Å². The van der Waals surface area contributed by atoms with E-state index >= 15 is 0 Å². The highest BCUT2D eigenvalue weighted by molar-refractivity contribution is 7.80. The van der Waals surface area contributed by atoms with Crippen molar-refractivity contribution in [3.63, 3.8) is 0 Å². The molecule has 0 aliphatic heterocycles. The summed E-state index contributed by atoms with van der Waals surface area (Å²) in [4.78, 5) is 0. The highest BCUT2D eigenvalue weighted by Gasteiger charge is 2.12. The Labute approximate surface area is 149 Å². The molecule has 0 saturated heterocycles.